The molecule has 2 aromatic rings. The van der Waals surface area contributed by atoms with E-state index in [1.165, 1.54) is 11.8 Å². The summed E-state index contributed by atoms with van der Waals surface area (Å²) in [6.45, 7) is 1.87. The lowest BCUT2D eigenvalue weighted by molar-refractivity contribution is -0.133. The number of para-hydroxylation sites is 1. The van der Waals surface area contributed by atoms with Gasteiger partial charge in [-0.05, 0) is 23.8 Å². The fraction of sp³-hybridized carbons (Fsp3) is 0.235. The zero-order valence-corrected chi connectivity index (χ0v) is 12.8. The molecule has 2 amide bonds. The quantitative estimate of drug-likeness (QED) is 0.849. The monoisotopic (exact) mass is 297 g/mol. The minimum Gasteiger partial charge on any atom is -0.329 e. The molecule has 0 aliphatic heterocycles. The van der Waals surface area contributed by atoms with Crippen molar-refractivity contribution >= 4 is 17.5 Å². The van der Waals surface area contributed by atoms with Crippen LogP contribution in [-0.4, -0.2) is 35.3 Å². The van der Waals surface area contributed by atoms with Gasteiger partial charge in [0.25, 0.3) is 0 Å². The Morgan fingerprint density at radius 3 is 2.41 bits per heavy atom. The lowest BCUT2D eigenvalue weighted by Crippen LogP contribution is -2.40. The van der Waals surface area contributed by atoms with E-state index in [0.29, 0.717) is 6.54 Å². The maximum Gasteiger partial charge on any atom is 0.246 e. The number of aromatic nitrogens is 1. The third-order valence-corrected chi connectivity index (χ3v) is 3.39. The second-order valence-electron chi connectivity index (χ2n) is 5.02. The Morgan fingerprint density at radius 1 is 1.09 bits per heavy atom. The van der Waals surface area contributed by atoms with Crippen LogP contribution in [0, 0.1) is 0 Å². The summed E-state index contributed by atoms with van der Waals surface area (Å²) in [6.07, 6.45) is 3.37. The molecule has 1 aromatic heterocycles. The minimum absolute atomic E-state index is 0.0373. The molecular weight excluding hydrogens is 278 g/mol. The average Bonchev–Trinajstić information content (AvgIpc) is 2.55. The predicted molar refractivity (Wildman–Crippen MR) is 85.2 cm³/mol. The van der Waals surface area contributed by atoms with E-state index in [-0.39, 0.29) is 18.4 Å². The molecule has 1 aromatic carbocycles. The van der Waals surface area contributed by atoms with E-state index in [4.69, 9.17) is 0 Å². The van der Waals surface area contributed by atoms with Crippen LogP contribution in [0.1, 0.15) is 12.5 Å². The van der Waals surface area contributed by atoms with Crippen molar-refractivity contribution in [3.05, 3.63) is 60.4 Å². The lowest BCUT2D eigenvalue weighted by atomic mass is 10.2. The number of hydrogen-bond donors (Lipinski definition) is 0. The van der Waals surface area contributed by atoms with E-state index in [0.717, 1.165) is 11.3 Å². The molecule has 0 N–H and O–H groups in total. The van der Waals surface area contributed by atoms with Gasteiger partial charge in [0, 0.05) is 38.6 Å². The number of benzene rings is 1. The van der Waals surface area contributed by atoms with E-state index < -0.39 is 0 Å². The molecule has 0 atom stereocenters. The summed E-state index contributed by atoms with van der Waals surface area (Å²) in [5, 5.41) is 0. The van der Waals surface area contributed by atoms with E-state index in [9.17, 15) is 9.59 Å². The van der Waals surface area contributed by atoms with E-state index in [2.05, 4.69) is 4.98 Å². The summed E-state index contributed by atoms with van der Waals surface area (Å²) >= 11 is 0. The molecule has 0 unspecified atom stereocenters. The number of carbonyl (C=O) groups excluding carboxylic acids is 2. The number of pyridine rings is 1. The van der Waals surface area contributed by atoms with Crippen molar-refractivity contribution in [1.29, 1.82) is 0 Å². The zero-order valence-electron chi connectivity index (χ0n) is 12.8. The van der Waals surface area contributed by atoms with Crippen molar-refractivity contribution in [3.63, 3.8) is 0 Å². The van der Waals surface area contributed by atoms with E-state index in [1.54, 1.807) is 24.3 Å². The average molecular weight is 297 g/mol. The Kier molecular flexibility index (Phi) is 5.25. The lowest BCUT2D eigenvalue weighted by Gasteiger charge is -2.24. The molecule has 0 saturated heterocycles. The third kappa shape index (κ3) is 4.15. The van der Waals surface area contributed by atoms with Gasteiger partial charge in [0.05, 0.1) is 0 Å². The van der Waals surface area contributed by atoms with Crippen LogP contribution >= 0.6 is 0 Å². The number of anilines is 1. The van der Waals surface area contributed by atoms with Crippen LogP contribution in [0.2, 0.25) is 0 Å². The highest BCUT2D eigenvalue weighted by Gasteiger charge is 2.18. The Balaban J connectivity index is 2.04. The summed E-state index contributed by atoms with van der Waals surface area (Å²) in [6, 6.07) is 13.1. The van der Waals surface area contributed by atoms with Gasteiger partial charge in [0.1, 0.15) is 6.54 Å². The summed E-state index contributed by atoms with van der Waals surface area (Å²) in [5.74, 6) is -0.274. The van der Waals surface area contributed by atoms with Crippen molar-refractivity contribution in [3.8, 4) is 0 Å². The van der Waals surface area contributed by atoms with Gasteiger partial charge in [-0.1, -0.05) is 24.3 Å². The predicted octanol–water partition coefficient (Wildman–Crippen LogP) is 2.09. The molecule has 0 bridgehead atoms. The molecule has 0 aliphatic rings. The first-order chi connectivity index (χ1) is 10.6. The number of amides is 2. The summed E-state index contributed by atoms with van der Waals surface area (Å²) in [5.41, 5.74) is 1.70. The SMILES string of the molecule is CC(=O)N(CC(=O)N(C)c1ccccc1)Cc1cccnc1. The van der Waals surface area contributed by atoms with Crippen LogP contribution in [0.5, 0.6) is 0 Å². The maximum atomic E-state index is 12.4. The van der Waals surface area contributed by atoms with Crippen LogP contribution in [0.25, 0.3) is 0 Å². The van der Waals surface area contributed by atoms with Gasteiger partial charge in [0.2, 0.25) is 11.8 Å². The molecule has 0 aliphatic carbocycles. The minimum atomic E-state index is -0.140. The number of carbonyl (C=O) groups is 2. The van der Waals surface area contributed by atoms with Crippen LogP contribution in [0.15, 0.2) is 54.9 Å². The smallest absolute Gasteiger partial charge is 0.246 e. The van der Waals surface area contributed by atoms with Crippen LogP contribution < -0.4 is 4.90 Å². The molecule has 2 rings (SSSR count). The van der Waals surface area contributed by atoms with Gasteiger partial charge in [-0.2, -0.15) is 0 Å². The van der Waals surface area contributed by atoms with Crippen molar-refractivity contribution in [1.82, 2.24) is 9.88 Å². The molecular formula is C17H19N3O2. The highest BCUT2D eigenvalue weighted by molar-refractivity contribution is 5.95. The molecule has 22 heavy (non-hydrogen) atoms. The maximum absolute atomic E-state index is 12.4. The van der Waals surface area contributed by atoms with E-state index in [1.807, 2.05) is 42.5 Å². The van der Waals surface area contributed by atoms with Crippen molar-refractivity contribution in [2.75, 3.05) is 18.5 Å². The number of hydrogen-bond acceptors (Lipinski definition) is 3. The van der Waals surface area contributed by atoms with Crippen LogP contribution in [-0.2, 0) is 16.1 Å². The molecule has 0 fully saturated rings. The van der Waals surface area contributed by atoms with Gasteiger partial charge in [-0.25, -0.2) is 0 Å². The number of rotatable bonds is 5. The number of nitrogens with zero attached hydrogens (tertiary/aromatic N) is 3. The third-order valence-electron chi connectivity index (χ3n) is 3.39. The topological polar surface area (TPSA) is 53.5 Å². The van der Waals surface area contributed by atoms with Crippen molar-refractivity contribution < 1.29 is 9.59 Å². The summed E-state index contributed by atoms with van der Waals surface area (Å²) < 4.78 is 0. The first-order valence-corrected chi connectivity index (χ1v) is 7.04. The molecule has 114 valence electrons. The molecule has 5 nitrogen and oxygen atoms in total. The number of likely N-dealkylation sites (N-methyl/N-ethyl adjacent to an activating group) is 1. The molecule has 1 heterocycles. The molecule has 0 saturated carbocycles. The normalized spacial score (nSPS) is 10.1. The Labute approximate surface area is 130 Å². The summed E-state index contributed by atoms with van der Waals surface area (Å²) in [7, 11) is 1.71. The highest BCUT2D eigenvalue weighted by atomic mass is 16.2. The van der Waals surface area contributed by atoms with Gasteiger partial charge < -0.3 is 9.80 Å². The standard InChI is InChI=1S/C17H19N3O2/c1-14(21)20(12-15-7-6-10-18-11-15)13-17(22)19(2)16-8-4-3-5-9-16/h3-11H,12-13H2,1-2H3. The molecule has 0 spiro atoms. The fourth-order valence-electron chi connectivity index (χ4n) is 2.06. The second-order valence-corrected chi connectivity index (χ2v) is 5.02. The summed E-state index contributed by atoms with van der Waals surface area (Å²) in [4.78, 5) is 31.2. The van der Waals surface area contributed by atoms with Crippen LogP contribution in [0.4, 0.5) is 5.69 Å². The largest absolute Gasteiger partial charge is 0.329 e. The Hall–Kier alpha value is -2.69. The Morgan fingerprint density at radius 2 is 1.82 bits per heavy atom. The van der Waals surface area contributed by atoms with Crippen molar-refractivity contribution in [2.45, 2.75) is 13.5 Å². The van der Waals surface area contributed by atoms with Gasteiger partial charge in [0.15, 0.2) is 0 Å². The van der Waals surface area contributed by atoms with Crippen molar-refractivity contribution in [2.24, 2.45) is 0 Å². The van der Waals surface area contributed by atoms with Gasteiger partial charge in [-0.3, -0.25) is 14.6 Å². The molecule has 0 radical (unpaired) electrons. The second kappa shape index (κ2) is 7.36. The zero-order chi connectivity index (χ0) is 15.9. The molecule has 5 heteroatoms. The first kappa shape index (κ1) is 15.7. The fourth-order valence-corrected chi connectivity index (χ4v) is 2.06. The van der Waals surface area contributed by atoms with Gasteiger partial charge >= 0.3 is 0 Å². The van der Waals surface area contributed by atoms with E-state index >= 15 is 0 Å². The first-order valence-electron chi connectivity index (χ1n) is 7.04. The highest BCUT2D eigenvalue weighted by Crippen LogP contribution is 2.12. The Bertz CT molecular complexity index is 629. The van der Waals surface area contributed by atoms with Crippen LogP contribution in [0.3, 0.4) is 0 Å². The van der Waals surface area contributed by atoms with Gasteiger partial charge in [-0.15, -0.1) is 0 Å².